The van der Waals surface area contributed by atoms with Crippen LogP contribution in [0.3, 0.4) is 0 Å². The minimum Gasteiger partial charge on any atom is -0.497 e. The van der Waals surface area contributed by atoms with Gasteiger partial charge in [-0.2, -0.15) is 0 Å². The Morgan fingerprint density at radius 1 is 1.00 bits per heavy atom. The standard InChI is InChI=1S/C19H20O4/c1-12-5-6-13(2)17(11-12)18(20)14(3)23-19(21)15-7-9-16(22-4)10-8-15/h5-11,14H,1-4H3/t14-/m1/s1. The third-order valence-electron chi connectivity index (χ3n) is 3.64. The fourth-order valence-electron chi connectivity index (χ4n) is 2.23. The van der Waals surface area contributed by atoms with E-state index < -0.39 is 12.1 Å². The first-order valence-corrected chi connectivity index (χ1v) is 7.39. The van der Waals surface area contributed by atoms with Crippen LogP contribution in [0.2, 0.25) is 0 Å². The van der Waals surface area contributed by atoms with E-state index in [4.69, 9.17) is 9.47 Å². The number of Topliss-reactive ketones (excluding diaryl/α,β-unsaturated/α-hetero) is 1. The molecule has 0 aliphatic rings. The van der Waals surface area contributed by atoms with Crippen molar-refractivity contribution in [3.05, 3.63) is 64.7 Å². The number of hydrogen-bond donors (Lipinski definition) is 0. The summed E-state index contributed by atoms with van der Waals surface area (Å²) in [6.45, 7) is 5.38. The molecule has 0 aliphatic carbocycles. The first-order chi connectivity index (χ1) is 10.9. The Kier molecular flexibility index (Phi) is 5.16. The number of hydrogen-bond acceptors (Lipinski definition) is 4. The number of rotatable bonds is 5. The summed E-state index contributed by atoms with van der Waals surface area (Å²) in [5, 5.41) is 0. The molecule has 0 saturated heterocycles. The Labute approximate surface area is 136 Å². The number of esters is 1. The van der Waals surface area contributed by atoms with Crippen LogP contribution in [-0.4, -0.2) is 25.0 Å². The average molecular weight is 312 g/mol. The van der Waals surface area contributed by atoms with Gasteiger partial charge in [-0.15, -0.1) is 0 Å². The van der Waals surface area contributed by atoms with E-state index in [2.05, 4.69) is 0 Å². The molecule has 0 unspecified atom stereocenters. The second kappa shape index (κ2) is 7.09. The molecule has 23 heavy (non-hydrogen) atoms. The van der Waals surface area contributed by atoms with E-state index in [1.165, 1.54) is 0 Å². The highest BCUT2D eigenvalue weighted by atomic mass is 16.5. The van der Waals surface area contributed by atoms with Crippen molar-refractivity contribution in [3.63, 3.8) is 0 Å². The molecule has 0 spiro atoms. The van der Waals surface area contributed by atoms with Crippen LogP contribution in [0.4, 0.5) is 0 Å². The summed E-state index contributed by atoms with van der Waals surface area (Å²) in [6.07, 6.45) is -0.842. The molecular weight excluding hydrogens is 292 g/mol. The summed E-state index contributed by atoms with van der Waals surface area (Å²) >= 11 is 0. The smallest absolute Gasteiger partial charge is 0.338 e. The van der Waals surface area contributed by atoms with Crippen LogP contribution < -0.4 is 4.74 Å². The van der Waals surface area contributed by atoms with Crippen molar-refractivity contribution < 1.29 is 19.1 Å². The van der Waals surface area contributed by atoms with Gasteiger partial charge in [0.15, 0.2) is 6.10 Å². The zero-order valence-electron chi connectivity index (χ0n) is 13.8. The minimum absolute atomic E-state index is 0.201. The lowest BCUT2D eigenvalue weighted by atomic mass is 9.99. The molecule has 120 valence electrons. The van der Waals surface area contributed by atoms with Crippen LogP contribution in [0.1, 0.15) is 38.8 Å². The first-order valence-electron chi connectivity index (χ1n) is 7.39. The lowest BCUT2D eigenvalue weighted by molar-refractivity contribution is 0.0318. The van der Waals surface area contributed by atoms with Gasteiger partial charge in [-0.3, -0.25) is 4.79 Å². The van der Waals surface area contributed by atoms with Crippen LogP contribution in [-0.2, 0) is 4.74 Å². The summed E-state index contributed by atoms with van der Waals surface area (Å²) in [4.78, 5) is 24.6. The number of carbonyl (C=O) groups is 2. The fraction of sp³-hybridized carbons (Fsp3) is 0.263. The van der Waals surface area contributed by atoms with Gasteiger partial charge in [0.25, 0.3) is 0 Å². The SMILES string of the molecule is COc1ccc(C(=O)O[C@H](C)C(=O)c2cc(C)ccc2C)cc1. The van der Waals surface area contributed by atoms with Crippen molar-refractivity contribution in [2.24, 2.45) is 0 Å². The topological polar surface area (TPSA) is 52.6 Å². The maximum absolute atomic E-state index is 12.5. The van der Waals surface area contributed by atoms with Crippen LogP contribution in [0.15, 0.2) is 42.5 Å². The van der Waals surface area contributed by atoms with Gasteiger partial charge in [0.2, 0.25) is 5.78 Å². The summed E-state index contributed by atoms with van der Waals surface area (Å²) in [6, 6.07) is 12.2. The second-order valence-corrected chi connectivity index (χ2v) is 5.46. The molecule has 4 nitrogen and oxygen atoms in total. The van der Waals surface area contributed by atoms with E-state index in [1.54, 1.807) is 38.3 Å². The Morgan fingerprint density at radius 3 is 2.26 bits per heavy atom. The first kappa shape index (κ1) is 16.7. The molecular formula is C19H20O4. The largest absolute Gasteiger partial charge is 0.497 e. The van der Waals surface area contributed by atoms with E-state index >= 15 is 0 Å². The maximum Gasteiger partial charge on any atom is 0.338 e. The predicted molar refractivity (Wildman–Crippen MR) is 88.1 cm³/mol. The average Bonchev–Trinajstić information content (AvgIpc) is 2.56. The van der Waals surface area contributed by atoms with Gasteiger partial charge in [0.05, 0.1) is 12.7 Å². The third-order valence-corrected chi connectivity index (χ3v) is 3.64. The molecule has 0 aliphatic heterocycles. The van der Waals surface area contributed by atoms with Gasteiger partial charge in [-0.1, -0.05) is 17.7 Å². The number of methoxy groups -OCH3 is 1. The monoisotopic (exact) mass is 312 g/mol. The Balaban J connectivity index is 2.10. The van der Waals surface area contributed by atoms with E-state index in [9.17, 15) is 9.59 Å². The van der Waals surface area contributed by atoms with Crippen LogP contribution in [0.25, 0.3) is 0 Å². The van der Waals surface area contributed by atoms with E-state index in [-0.39, 0.29) is 5.78 Å². The third kappa shape index (κ3) is 3.97. The normalized spacial score (nSPS) is 11.7. The highest BCUT2D eigenvalue weighted by molar-refractivity contribution is 6.02. The molecule has 0 radical (unpaired) electrons. The molecule has 0 bridgehead atoms. The quantitative estimate of drug-likeness (QED) is 0.623. The van der Waals surface area contributed by atoms with Gasteiger partial charge >= 0.3 is 5.97 Å². The van der Waals surface area contributed by atoms with Gasteiger partial charge < -0.3 is 9.47 Å². The van der Waals surface area contributed by atoms with Crippen molar-refractivity contribution in [1.29, 1.82) is 0 Å². The van der Waals surface area contributed by atoms with Crippen molar-refractivity contribution in [1.82, 2.24) is 0 Å². The zero-order chi connectivity index (χ0) is 17.0. The Bertz CT molecular complexity index is 717. The van der Waals surface area contributed by atoms with E-state index in [0.717, 1.165) is 11.1 Å². The van der Waals surface area contributed by atoms with E-state index in [0.29, 0.717) is 16.9 Å². The fourth-order valence-corrected chi connectivity index (χ4v) is 2.23. The second-order valence-electron chi connectivity index (χ2n) is 5.46. The summed E-state index contributed by atoms with van der Waals surface area (Å²) in [5.74, 6) is -0.0760. The molecule has 0 amide bonds. The Morgan fingerprint density at radius 2 is 1.65 bits per heavy atom. The molecule has 0 heterocycles. The molecule has 2 aromatic rings. The summed E-state index contributed by atoms with van der Waals surface area (Å²) < 4.78 is 10.3. The zero-order valence-corrected chi connectivity index (χ0v) is 13.8. The molecule has 0 N–H and O–H groups in total. The molecule has 0 fully saturated rings. The van der Waals surface area contributed by atoms with Gasteiger partial charge in [-0.25, -0.2) is 4.79 Å². The predicted octanol–water partition coefficient (Wildman–Crippen LogP) is 3.74. The number of benzene rings is 2. The molecule has 2 aromatic carbocycles. The minimum atomic E-state index is -0.842. The number of ether oxygens (including phenoxy) is 2. The number of carbonyl (C=O) groups excluding carboxylic acids is 2. The van der Waals surface area contributed by atoms with Gasteiger partial charge in [0.1, 0.15) is 5.75 Å². The van der Waals surface area contributed by atoms with Crippen molar-refractivity contribution in [2.45, 2.75) is 26.9 Å². The molecule has 0 saturated carbocycles. The summed E-state index contributed by atoms with van der Waals surface area (Å²) in [7, 11) is 1.55. The van der Waals surface area contributed by atoms with E-state index in [1.807, 2.05) is 32.0 Å². The van der Waals surface area contributed by atoms with Crippen molar-refractivity contribution >= 4 is 11.8 Å². The van der Waals surface area contributed by atoms with Crippen molar-refractivity contribution in [3.8, 4) is 5.75 Å². The Hall–Kier alpha value is -2.62. The highest BCUT2D eigenvalue weighted by Gasteiger charge is 2.21. The van der Waals surface area contributed by atoms with Crippen LogP contribution >= 0.6 is 0 Å². The highest BCUT2D eigenvalue weighted by Crippen LogP contribution is 2.16. The van der Waals surface area contributed by atoms with Gasteiger partial charge in [0, 0.05) is 5.56 Å². The molecule has 1 atom stereocenters. The van der Waals surface area contributed by atoms with Crippen molar-refractivity contribution in [2.75, 3.05) is 7.11 Å². The lowest BCUT2D eigenvalue weighted by Crippen LogP contribution is -2.25. The molecule has 2 rings (SSSR count). The molecule has 0 aromatic heterocycles. The molecule has 4 heteroatoms. The van der Waals surface area contributed by atoms with Crippen LogP contribution in [0.5, 0.6) is 5.75 Å². The number of ketones is 1. The number of aryl methyl sites for hydroxylation is 2. The summed E-state index contributed by atoms with van der Waals surface area (Å²) in [5.41, 5.74) is 2.83. The van der Waals surface area contributed by atoms with Gasteiger partial charge in [-0.05, 0) is 56.7 Å². The maximum atomic E-state index is 12.5. The van der Waals surface area contributed by atoms with Crippen LogP contribution in [0, 0.1) is 13.8 Å². The lowest BCUT2D eigenvalue weighted by Gasteiger charge is -2.14.